The van der Waals surface area contributed by atoms with Crippen LogP contribution in [-0.2, 0) is 4.79 Å². The normalized spacial score (nSPS) is 18.4. The summed E-state index contributed by atoms with van der Waals surface area (Å²) in [5.41, 5.74) is 7.75. The monoisotopic (exact) mass is 287 g/mol. The second kappa shape index (κ2) is 4.97. The van der Waals surface area contributed by atoms with Gasteiger partial charge in [0.15, 0.2) is 0 Å². The average Bonchev–Trinajstić information content (AvgIpc) is 2.60. The van der Waals surface area contributed by atoms with E-state index in [1.54, 1.807) is 32.3 Å². The number of fused-ring (bicyclic) bond motifs is 1. The topological polar surface area (TPSA) is 49.6 Å². The van der Waals surface area contributed by atoms with Gasteiger partial charge in [0.05, 0.1) is 12.1 Å². The number of hydrogen-bond acceptors (Lipinski definition) is 3. The van der Waals surface area contributed by atoms with Crippen LogP contribution in [0.15, 0.2) is 18.2 Å². The highest BCUT2D eigenvalue weighted by Gasteiger charge is 2.33. The summed E-state index contributed by atoms with van der Waals surface area (Å²) >= 11 is 0. The second-order valence-electron chi connectivity index (χ2n) is 4.90. The van der Waals surface area contributed by atoms with Gasteiger partial charge in [0.2, 0.25) is 5.91 Å². The van der Waals surface area contributed by atoms with Gasteiger partial charge in [-0.2, -0.15) is 13.2 Å². The molecule has 0 fully saturated rings. The number of amides is 1. The van der Waals surface area contributed by atoms with Crippen LogP contribution in [0.3, 0.4) is 0 Å². The lowest BCUT2D eigenvalue weighted by Gasteiger charge is -2.21. The Bertz CT molecular complexity index is 530. The molecule has 0 spiro atoms. The number of alkyl halides is 3. The van der Waals surface area contributed by atoms with Crippen LogP contribution in [0.4, 0.5) is 24.5 Å². The molecule has 1 amide bonds. The van der Waals surface area contributed by atoms with Crippen molar-refractivity contribution >= 4 is 17.3 Å². The van der Waals surface area contributed by atoms with E-state index in [9.17, 15) is 18.0 Å². The minimum absolute atomic E-state index is 0.133. The van der Waals surface area contributed by atoms with E-state index in [1.807, 2.05) is 0 Å². The molecule has 2 N–H and O–H groups in total. The Morgan fingerprint density at radius 3 is 2.65 bits per heavy atom. The molecule has 4 nitrogen and oxygen atoms in total. The SMILES string of the molecule is CN(CCC(F)(F)F)c1ccc2c(c1)N(C)C(=O)C2N. The Morgan fingerprint density at radius 2 is 2.05 bits per heavy atom. The Labute approximate surface area is 114 Å². The number of benzene rings is 1. The van der Waals surface area contributed by atoms with Crippen LogP contribution in [0.2, 0.25) is 0 Å². The van der Waals surface area contributed by atoms with E-state index >= 15 is 0 Å². The van der Waals surface area contributed by atoms with Gasteiger partial charge in [0, 0.05) is 31.9 Å². The van der Waals surface area contributed by atoms with E-state index in [2.05, 4.69) is 0 Å². The smallest absolute Gasteiger partial charge is 0.374 e. The summed E-state index contributed by atoms with van der Waals surface area (Å²) in [6.45, 7) is -0.133. The van der Waals surface area contributed by atoms with Crippen LogP contribution in [0.25, 0.3) is 0 Å². The van der Waals surface area contributed by atoms with Gasteiger partial charge in [-0.1, -0.05) is 6.07 Å². The molecular formula is C13H16F3N3O. The minimum Gasteiger partial charge on any atom is -0.374 e. The number of carbonyl (C=O) groups is 1. The van der Waals surface area contributed by atoms with Crippen molar-refractivity contribution in [3.8, 4) is 0 Å². The highest BCUT2D eigenvalue weighted by atomic mass is 19.4. The summed E-state index contributed by atoms with van der Waals surface area (Å²) in [6.07, 6.45) is -5.06. The van der Waals surface area contributed by atoms with Crippen LogP contribution >= 0.6 is 0 Å². The molecule has 1 aromatic rings. The summed E-state index contributed by atoms with van der Waals surface area (Å²) in [7, 11) is 3.19. The van der Waals surface area contributed by atoms with Gasteiger partial charge in [-0.05, 0) is 12.1 Å². The lowest BCUT2D eigenvalue weighted by atomic mass is 10.1. The van der Waals surface area contributed by atoms with Gasteiger partial charge in [0.25, 0.3) is 0 Å². The van der Waals surface area contributed by atoms with Crippen molar-refractivity contribution in [2.45, 2.75) is 18.6 Å². The lowest BCUT2D eigenvalue weighted by molar-refractivity contribution is -0.132. The molecule has 0 saturated heterocycles. The number of hydrogen-bond donors (Lipinski definition) is 1. The van der Waals surface area contributed by atoms with E-state index < -0.39 is 18.6 Å². The third-order valence-electron chi connectivity index (χ3n) is 3.48. The lowest BCUT2D eigenvalue weighted by Crippen LogP contribution is -2.28. The molecule has 1 aliphatic rings. The van der Waals surface area contributed by atoms with Crippen molar-refractivity contribution in [2.24, 2.45) is 5.73 Å². The highest BCUT2D eigenvalue weighted by Crippen LogP contribution is 2.36. The van der Waals surface area contributed by atoms with Crippen LogP contribution in [-0.4, -0.2) is 32.7 Å². The van der Waals surface area contributed by atoms with Gasteiger partial charge in [0.1, 0.15) is 6.04 Å². The largest absolute Gasteiger partial charge is 0.390 e. The molecule has 1 aliphatic heterocycles. The fourth-order valence-electron chi connectivity index (χ4n) is 2.21. The van der Waals surface area contributed by atoms with Gasteiger partial charge >= 0.3 is 6.18 Å². The first-order valence-corrected chi connectivity index (χ1v) is 6.15. The first kappa shape index (κ1) is 14.6. The van der Waals surface area contributed by atoms with E-state index in [4.69, 9.17) is 5.73 Å². The number of nitrogens with zero attached hydrogens (tertiary/aromatic N) is 2. The zero-order chi connectivity index (χ0) is 15.1. The molecule has 0 bridgehead atoms. The van der Waals surface area contributed by atoms with Crippen LogP contribution in [0.5, 0.6) is 0 Å². The second-order valence-corrected chi connectivity index (χ2v) is 4.90. The number of likely N-dealkylation sites (N-methyl/N-ethyl adjacent to an activating group) is 1. The predicted octanol–water partition coefficient (Wildman–Crippen LogP) is 2.05. The maximum Gasteiger partial charge on any atom is 0.390 e. The van der Waals surface area contributed by atoms with Gasteiger partial charge < -0.3 is 15.5 Å². The van der Waals surface area contributed by atoms with E-state index in [1.165, 1.54) is 9.80 Å². The fourth-order valence-corrected chi connectivity index (χ4v) is 2.21. The van der Waals surface area contributed by atoms with E-state index in [0.717, 1.165) is 0 Å². The molecule has 0 saturated carbocycles. The third-order valence-corrected chi connectivity index (χ3v) is 3.48. The first-order chi connectivity index (χ1) is 9.20. The number of anilines is 2. The zero-order valence-electron chi connectivity index (χ0n) is 11.2. The minimum atomic E-state index is -4.18. The maximum atomic E-state index is 12.2. The van der Waals surface area contributed by atoms with Crippen molar-refractivity contribution in [3.05, 3.63) is 23.8 Å². The van der Waals surface area contributed by atoms with Crippen molar-refractivity contribution in [1.82, 2.24) is 0 Å². The number of nitrogens with two attached hydrogens (primary N) is 1. The molecule has 2 rings (SSSR count). The third kappa shape index (κ3) is 2.72. The van der Waals surface area contributed by atoms with Crippen molar-refractivity contribution in [1.29, 1.82) is 0 Å². The average molecular weight is 287 g/mol. The molecule has 0 aromatic heterocycles. The summed E-state index contributed by atoms with van der Waals surface area (Å²) in [4.78, 5) is 14.7. The summed E-state index contributed by atoms with van der Waals surface area (Å²) in [5, 5.41) is 0. The van der Waals surface area contributed by atoms with E-state index in [-0.39, 0.29) is 12.5 Å². The van der Waals surface area contributed by atoms with Crippen LogP contribution in [0, 0.1) is 0 Å². The Morgan fingerprint density at radius 1 is 1.40 bits per heavy atom. The zero-order valence-corrected chi connectivity index (χ0v) is 11.2. The van der Waals surface area contributed by atoms with Crippen molar-refractivity contribution in [2.75, 3.05) is 30.4 Å². The Hall–Kier alpha value is -1.76. The van der Waals surface area contributed by atoms with Gasteiger partial charge in [-0.3, -0.25) is 4.79 Å². The molecule has 1 aromatic carbocycles. The van der Waals surface area contributed by atoms with Crippen molar-refractivity contribution < 1.29 is 18.0 Å². The summed E-state index contributed by atoms with van der Waals surface area (Å²) < 4.78 is 36.7. The van der Waals surface area contributed by atoms with Crippen LogP contribution in [0.1, 0.15) is 18.0 Å². The summed E-state index contributed by atoms with van der Waals surface area (Å²) in [5.74, 6) is -0.213. The highest BCUT2D eigenvalue weighted by molar-refractivity contribution is 6.04. The van der Waals surface area contributed by atoms with Gasteiger partial charge in [-0.25, -0.2) is 0 Å². The Kier molecular flexibility index (Phi) is 3.64. The standard InChI is InChI=1S/C13H16F3N3O/c1-18(6-5-13(14,15)16)8-3-4-9-10(7-8)19(2)12(20)11(9)17/h3-4,7,11H,5-6,17H2,1-2H3. The molecule has 1 heterocycles. The van der Waals surface area contributed by atoms with Crippen molar-refractivity contribution in [3.63, 3.8) is 0 Å². The summed E-state index contributed by atoms with van der Waals surface area (Å²) in [6, 6.07) is 4.38. The molecule has 20 heavy (non-hydrogen) atoms. The quantitative estimate of drug-likeness (QED) is 0.925. The number of rotatable bonds is 3. The fraction of sp³-hybridized carbons (Fsp3) is 0.462. The molecule has 1 atom stereocenters. The molecule has 7 heteroatoms. The maximum absolute atomic E-state index is 12.2. The Balaban J connectivity index is 2.18. The van der Waals surface area contributed by atoms with E-state index in [0.29, 0.717) is 16.9 Å². The van der Waals surface area contributed by atoms with Gasteiger partial charge in [-0.15, -0.1) is 0 Å². The number of carbonyl (C=O) groups excluding carboxylic acids is 1. The number of halogens is 3. The molecule has 110 valence electrons. The molecular weight excluding hydrogens is 271 g/mol. The predicted molar refractivity (Wildman–Crippen MR) is 70.7 cm³/mol. The molecule has 0 aliphatic carbocycles. The first-order valence-electron chi connectivity index (χ1n) is 6.15. The van der Waals surface area contributed by atoms with Crippen LogP contribution < -0.4 is 15.5 Å². The molecule has 0 radical (unpaired) electrons. The molecule has 1 unspecified atom stereocenters.